The molecule has 4 heteroatoms. The molecule has 0 aliphatic carbocycles. The van der Waals surface area contributed by atoms with Gasteiger partial charge in [-0.3, -0.25) is 5.32 Å². The van der Waals surface area contributed by atoms with Crippen LogP contribution < -0.4 is 5.32 Å². The SMILES string of the molecule is C=C1C(NC(=O)OCc2ccccc2)=CC=CN1C(C)C. The molecule has 0 saturated heterocycles. The minimum atomic E-state index is -0.481. The van der Waals surface area contributed by atoms with Crippen molar-refractivity contribution in [2.45, 2.75) is 26.5 Å². The Hall–Kier alpha value is -2.49. The van der Waals surface area contributed by atoms with Gasteiger partial charge in [-0.2, -0.15) is 0 Å². The summed E-state index contributed by atoms with van der Waals surface area (Å²) in [5.41, 5.74) is 2.36. The quantitative estimate of drug-likeness (QED) is 0.919. The number of carbonyl (C=O) groups excluding carboxylic acids is 1. The lowest BCUT2D eigenvalue weighted by Gasteiger charge is -2.30. The van der Waals surface area contributed by atoms with Crippen LogP contribution in [0.25, 0.3) is 0 Å². The first kappa shape index (κ1) is 14.9. The number of carbonyl (C=O) groups is 1. The summed E-state index contributed by atoms with van der Waals surface area (Å²) in [5.74, 6) is 0. The topological polar surface area (TPSA) is 41.6 Å². The van der Waals surface area contributed by atoms with Crippen LogP contribution in [0.3, 0.4) is 0 Å². The van der Waals surface area contributed by atoms with Crippen LogP contribution in [0.5, 0.6) is 0 Å². The van der Waals surface area contributed by atoms with Gasteiger partial charge >= 0.3 is 6.09 Å². The molecule has 110 valence electrons. The molecule has 0 saturated carbocycles. The van der Waals surface area contributed by atoms with Crippen molar-refractivity contribution in [3.63, 3.8) is 0 Å². The van der Waals surface area contributed by atoms with E-state index in [0.29, 0.717) is 5.70 Å². The fourth-order valence-corrected chi connectivity index (χ4v) is 2.02. The monoisotopic (exact) mass is 284 g/mol. The van der Waals surface area contributed by atoms with Crippen molar-refractivity contribution >= 4 is 6.09 Å². The molecule has 0 radical (unpaired) electrons. The third-order valence-corrected chi connectivity index (χ3v) is 3.14. The second kappa shape index (κ2) is 6.79. The van der Waals surface area contributed by atoms with Crippen LogP contribution in [0.4, 0.5) is 4.79 Å². The molecule has 4 nitrogen and oxygen atoms in total. The van der Waals surface area contributed by atoms with Crippen LogP contribution in [0.1, 0.15) is 19.4 Å². The number of allylic oxidation sites excluding steroid dienone is 2. The highest BCUT2D eigenvalue weighted by molar-refractivity contribution is 5.71. The Morgan fingerprint density at radius 1 is 1.33 bits per heavy atom. The average molecular weight is 284 g/mol. The molecule has 1 aromatic carbocycles. The number of amides is 1. The van der Waals surface area contributed by atoms with Crippen LogP contribution in [0.15, 0.2) is 66.7 Å². The molecule has 1 aromatic rings. The Bertz CT molecular complexity index is 574. The number of hydrogen-bond acceptors (Lipinski definition) is 3. The van der Waals surface area contributed by atoms with Crippen molar-refractivity contribution in [2.24, 2.45) is 0 Å². The number of benzene rings is 1. The lowest BCUT2D eigenvalue weighted by atomic mass is 10.2. The van der Waals surface area contributed by atoms with Crippen molar-refractivity contribution in [2.75, 3.05) is 0 Å². The lowest BCUT2D eigenvalue weighted by molar-refractivity contribution is 0.142. The average Bonchev–Trinajstić information content (AvgIpc) is 2.48. The van der Waals surface area contributed by atoms with Gasteiger partial charge in [0, 0.05) is 12.2 Å². The van der Waals surface area contributed by atoms with Crippen LogP contribution >= 0.6 is 0 Å². The second-order valence-corrected chi connectivity index (χ2v) is 5.06. The van der Waals surface area contributed by atoms with E-state index in [1.807, 2.05) is 53.6 Å². The maximum atomic E-state index is 11.8. The van der Waals surface area contributed by atoms with E-state index in [9.17, 15) is 4.79 Å². The zero-order valence-corrected chi connectivity index (χ0v) is 12.4. The first-order chi connectivity index (χ1) is 10.1. The van der Waals surface area contributed by atoms with E-state index in [1.54, 1.807) is 0 Å². The highest BCUT2D eigenvalue weighted by Crippen LogP contribution is 2.19. The fraction of sp³-hybridized carbons (Fsp3) is 0.235. The minimum absolute atomic E-state index is 0.246. The summed E-state index contributed by atoms with van der Waals surface area (Å²) in [6.45, 7) is 8.38. The molecule has 1 aliphatic rings. The van der Waals surface area contributed by atoms with Gasteiger partial charge in [0.1, 0.15) is 6.61 Å². The van der Waals surface area contributed by atoms with Crippen LogP contribution in [0.2, 0.25) is 0 Å². The van der Waals surface area contributed by atoms with E-state index in [4.69, 9.17) is 4.74 Å². The summed E-state index contributed by atoms with van der Waals surface area (Å²) in [5, 5.41) is 2.73. The molecular weight excluding hydrogens is 264 g/mol. The third kappa shape index (κ3) is 3.99. The molecule has 0 fully saturated rings. The second-order valence-electron chi connectivity index (χ2n) is 5.06. The molecule has 0 spiro atoms. The van der Waals surface area contributed by atoms with Gasteiger partial charge in [-0.05, 0) is 31.6 Å². The summed E-state index contributed by atoms with van der Waals surface area (Å²) >= 11 is 0. The summed E-state index contributed by atoms with van der Waals surface area (Å²) in [6, 6.07) is 9.85. The summed E-state index contributed by atoms with van der Waals surface area (Å²) in [6.07, 6.45) is 5.14. The van der Waals surface area contributed by atoms with Gasteiger partial charge in [0.25, 0.3) is 0 Å². The predicted molar refractivity (Wildman–Crippen MR) is 83.1 cm³/mol. The summed E-state index contributed by atoms with van der Waals surface area (Å²) in [4.78, 5) is 13.8. The van der Waals surface area contributed by atoms with Gasteiger partial charge in [0.05, 0.1) is 11.4 Å². The van der Waals surface area contributed by atoms with Gasteiger partial charge in [-0.1, -0.05) is 36.9 Å². The molecule has 0 bridgehead atoms. The maximum Gasteiger partial charge on any atom is 0.412 e. The van der Waals surface area contributed by atoms with Crippen LogP contribution in [0, 0.1) is 0 Å². The van der Waals surface area contributed by atoms with Crippen molar-refractivity contribution in [3.05, 3.63) is 72.2 Å². The van der Waals surface area contributed by atoms with Gasteiger partial charge in [0.2, 0.25) is 0 Å². The first-order valence-corrected chi connectivity index (χ1v) is 6.91. The highest BCUT2D eigenvalue weighted by atomic mass is 16.5. The van der Waals surface area contributed by atoms with Crippen LogP contribution in [-0.4, -0.2) is 17.0 Å². The van der Waals surface area contributed by atoms with E-state index >= 15 is 0 Å². The zero-order valence-electron chi connectivity index (χ0n) is 12.4. The Labute approximate surface area is 125 Å². The Balaban J connectivity index is 1.89. The minimum Gasteiger partial charge on any atom is -0.444 e. The van der Waals surface area contributed by atoms with Crippen molar-refractivity contribution in [1.29, 1.82) is 0 Å². The van der Waals surface area contributed by atoms with Gasteiger partial charge in [-0.15, -0.1) is 0 Å². The molecule has 0 aromatic heterocycles. The molecule has 1 N–H and O–H groups in total. The van der Waals surface area contributed by atoms with Crippen molar-refractivity contribution in [1.82, 2.24) is 10.2 Å². The molecule has 1 aliphatic heterocycles. The first-order valence-electron chi connectivity index (χ1n) is 6.91. The number of rotatable bonds is 4. The van der Waals surface area contributed by atoms with E-state index in [0.717, 1.165) is 11.3 Å². The number of nitrogens with one attached hydrogen (secondary N) is 1. The summed E-state index contributed by atoms with van der Waals surface area (Å²) in [7, 11) is 0. The molecule has 0 atom stereocenters. The van der Waals surface area contributed by atoms with Gasteiger partial charge < -0.3 is 9.64 Å². The molecule has 0 unspecified atom stereocenters. The molecule has 21 heavy (non-hydrogen) atoms. The fourth-order valence-electron chi connectivity index (χ4n) is 2.02. The normalized spacial score (nSPS) is 14.1. The molecule has 1 heterocycles. The molecule has 1 amide bonds. The van der Waals surface area contributed by atoms with Crippen molar-refractivity contribution in [3.8, 4) is 0 Å². The number of nitrogens with zero attached hydrogens (tertiary/aromatic N) is 1. The highest BCUT2D eigenvalue weighted by Gasteiger charge is 2.17. The Morgan fingerprint density at radius 3 is 2.71 bits per heavy atom. The maximum absolute atomic E-state index is 11.8. The van der Waals surface area contributed by atoms with E-state index in [1.165, 1.54) is 0 Å². The lowest BCUT2D eigenvalue weighted by Crippen LogP contribution is -2.33. The van der Waals surface area contributed by atoms with Crippen molar-refractivity contribution < 1.29 is 9.53 Å². The number of hydrogen-bond donors (Lipinski definition) is 1. The van der Waals surface area contributed by atoms with E-state index in [2.05, 4.69) is 25.7 Å². The number of alkyl carbamates (subject to hydrolysis) is 1. The number of ether oxygens (including phenoxy) is 1. The zero-order chi connectivity index (χ0) is 15.2. The van der Waals surface area contributed by atoms with Gasteiger partial charge in [0.15, 0.2) is 0 Å². The van der Waals surface area contributed by atoms with E-state index in [-0.39, 0.29) is 12.6 Å². The largest absolute Gasteiger partial charge is 0.444 e. The third-order valence-electron chi connectivity index (χ3n) is 3.14. The van der Waals surface area contributed by atoms with Crippen LogP contribution in [-0.2, 0) is 11.3 Å². The molecule has 2 rings (SSSR count). The Kier molecular flexibility index (Phi) is 4.82. The van der Waals surface area contributed by atoms with Gasteiger partial charge in [-0.25, -0.2) is 4.79 Å². The smallest absolute Gasteiger partial charge is 0.412 e. The Morgan fingerprint density at radius 2 is 2.05 bits per heavy atom. The molecular formula is C17H20N2O2. The van der Waals surface area contributed by atoms with E-state index < -0.39 is 6.09 Å². The predicted octanol–water partition coefficient (Wildman–Crippen LogP) is 3.55. The summed E-state index contributed by atoms with van der Waals surface area (Å²) < 4.78 is 5.20. The standard InChI is InChI=1S/C17H20N2O2/c1-13(2)19-11-7-10-16(14(19)3)18-17(20)21-12-15-8-5-4-6-9-15/h4-11,13H,3,12H2,1-2H3,(H,18,20).